The van der Waals surface area contributed by atoms with Crippen LogP contribution < -0.4 is 9.30 Å². The van der Waals surface area contributed by atoms with Gasteiger partial charge in [0.05, 0.1) is 40.3 Å². The van der Waals surface area contributed by atoms with Crippen LogP contribution in [0.5, 0.6) is 11.5 Å². The Kier molecular flexibility index (Phi) is 8.05. The van der Waals surface area contributed by atoms with Gasteiger partial charge in [-0.3, -0.25) is 13.7 Å². The summed E-state index contributed by atoms with van der Waals surface area (Å²) in [5, 5.41) is 2.25. The van der Waals surface area contributed by atoms with Crippen molar-refractivity contribution in [2.45, 2.75) is 52.4 Å². The summed E-state index contributed by atoms with van der Waals surface area (Å²) in [5.41, 5.74) is 13.7. The molecule has 324 valence electrons. The van der Waals surface area contributed by atoms with Gasteiger partial charge in [0.25, 0.3) is 6.33 Å². The zero-order chi connectivity index (χ0) is 50.0. The first-order chi connectivity index (χ1) is 34.6. The molecular weight excluding hydrogens is 817 g/mol. The van der Waals surface area contributed by atoms with E-state index in [0.717, 1.165) is 89.0 Å². The third-order valence-electron chi connectivity index (χ3n) is 13.2. The maximum absolute atomic E-state index is 9.15. The Balaban J connectivity index is 1.05. The number of nitrogens with zero attached hydrogens (tertiary/aromatic N) is 4. The minimum Gasteiger partial charge on any atom is -0.458 e. The Bertz CT molecular complexity index is 4030. The average molecular weight is 872 g/mol. The van der Waals surface area contributed by atoms with Crippen molar-refractivity contribution in [2.75, 3.05) is 0 Å². The van der Waals surface area contributed by atoms with Crippen LogP contribution in [0.25, 0.3) is 94.5 Å². The van der Waals surface area contributed by atoms with Crippen LogP contribution in [0, 0.1) is 6.33 Å². The third kappa shape index (κ3) is 6.68. The second-order valence-electron chi connectivity index (χ2n) is 19.5. The molecule has 0 saturated heterocycles. The summed E-state index contributed by atoms with van der Waals surface area (Å²) >= 11 is 0. The van der Waals surface area contributed by atoms with Crippen molar-refractivity contribution in [2.24, 2.45) is 0 Å². The molecule has 0 bridgehead atoms. The first-order valence-electron chi connectivity index (χ1n) is 25.3. The fourth-order valence-corrected chi connectivity index (χ4v) is 10.0. The van der Waals surface area contributed by atoms with Gasteiger partial charge in [0, 0.05) is 23.0 Å². The summed E-state index contributed by atoms with van der Waals surface area (Å²) in [7, 11) is 0. The highest BCUT2D eigenvalue weighted by molar-refractivity contribution is 6.09. The lowest BCUT2D eigenvalue weighted by molar-refractivity contribution is -0.572. The molecule has 1 aliphatic heterocycles. The van der Waals surface area contributed by atoms with Crippen LogP contribution in [0.2, 0.25) is 0 Å². The van der Waals surface area contributed by atoms with Crippen molar-refractivity contribution in [3.63, 3.8) is 0 Å². The highest BCUT2D eigenvalue weighted by Gasteiger charge is 2.30. The Morgan fingerprint density at radius 2 is 1.22 bits per heavy atom. The molecule has 0 radical (unpaired) electrons. The van der Waals surface area contributed by atoms with Crippen LogP contribution in [0.1, 0.15) is 59.5 Å². The van der Waals surface area contributed by atoms with Crippen molar-refractivity contribution in [1.82, 2.24) is 14.1 Å². The number of pyridine rings is 1. The number of rotatable bonds is 5. The van der Waals surface area contributed by atoms with Gasteiger partial charge >= 0.3 is 0 Å². The largest absolute Gasteiger partial charge is 0.458 e. The molecule has 67 heavy (non-hydrogen) atoms. The van der Waals surface area contributed by atoms with Crippen molar-refractivity contribution in [3.05, 3.63) is 212 Å². The van der Waals surface area contributed by atoms with Crippen molar-refractivity contribution in [3.8, 4) is 73.2 Å². The van der Waals surface area contributed by atoms with Crippen LogP contribution in [0.4, 0.5) is 0 Å². The van der Waals surface area contributed by atoms with Crippen LogP contribution in [0.3, 0.4) is 0 Å². The van der Waals surface area contributed by atoms with Gasteiger partial charge in [0.15, 0.2) is 0 Å². The number of benzene rings is 8. The first-order valence-corrected chi connectivity index (χ1v) is 22.8. The molecule has 8 aromatic carbocycles. The second-order valence-corrected chi connectivity index (χ2v) is 19.5. The molecule has 0 N–H and O–H groups in total. The zero-order valence-corrected chi connectivity index (χ0v) is 38.3. The monoisotopic (exact) mass is 871 g/mol. The summed E-state index contributed by atoms with van der Waals surface area (Å²) in [6, 6.07) is 52.3. The first kappa shape index (κ1) is 35.3. The molecule has 0 unspecified atom stereocenters. The van der Waals surface area contributed by atoms with Gasteiger partial charge in [-0.2, -0.15) is 0 Å². The van der Waals surface area contributed by atoms with Crippen LogP contribution in [0.15, 0.2) is 194 Å². The molecule has 0 spiro atoms. The van der Waals surface area contributed by atoms with E-state index in [0.29, 0.717) is 17.1 Å². The molecular formula is C62H50N4O. The zero-order valence-electron chi connectivity index (χ0n) is 43.3. The van der Waals surface area contributed by atoms with Gasteiger partial charge < -0.3 is 4.74 Å². The summed E-state index contributed by atoms with van der Waals surface area (Å²) in [5.74, 6) is 2.21. The fraction of sp³-hybridized carbons (Fsp3) is 0.129. The molecule has 5 nitrogen and oxygen atoms in total. The van der Waals surface area contributed by atoms with E-state index in [9.17, 15) is 0 Å². The molecule has 3 aromatic heterocycles. The normalized spacial score (nSPS) is 13.4. The minimum absolute atomic E-state index is 0.0485. The van der Waals surface area contributed by atoms with Gasteiger partial charge in [-0.1, -0.05) is 175 Å². The van der Waals surface area contributed by atoms with E-state index in [1.807, 2.05) is 48.7 Å². The van der Waals surface area contributed by atoms with E-state index in [4.69, 9.17) is 16.6 Å². The number of imidazole rings is 1. The van der Waals surface area contributed by atoms with Gasteiger partial charge in [0.2, 0.25) is 0 Å². The highest BCUT2D eigenvalue weighted by atomic mass is 16.5. The van der Waals surface area contributed by atoms with Gasteiger partial charge in [-0.15, -0.1) is 0 Å². The molecule has 12 rings (SSSR count). The Morgan fingerprint density at radius 3 is 2.06 bits per heavy atom. The maximum Gasteiger partial charge on any atom is 0.269 e. The van der Waals surface area contributed by atoms with Crippen LogP contribution in [-0.2, 0) is 10.8 Å². The van der Waals surface area contributed by atoms with Crippen LogP contribution >= 0.6 is 0 Å². The standard InChI is InChI=1S/C62H50N4O/c1-61(2,3)41-34-35-63-57(36-41)66-54-30-13-12-23-47(54)48-33-32-44(38-56(48)66)67-43-21-14-20-42(37-43)64-39-65-59-52(27-16-29-53(59)62(4,5)6)50-26-15-25-45(40-18-8-7-9-19-40)58(50)49-24-11-10-22-46(49)51-28-17-31-55(64)60(51)65/h7-38H,1-6H3/i7D,8D,9D,18D,19D. The highest BCUT2D eigenvalue weighted by Crippen LogP contribution is 2.48. The predicted octanol–water partition coefficient (Wildman–Crippen LogP) is 15.6. The molecule has 4 heterocycles. The molecule has 0 amide bonds. The van der Waals surface area contributed by atoms with Crippen molar-refractivity contribution < 1.29 is 16.2 Å². The Labute approximate surface area is 398 Å². The van der Waals surface area contributed by atoms with Crippen molar-refractivity contribution >= 4 is 32.8 Å². The smallest absolute Gasteiger partial charge is 0.269 e. The van der Waals surface area contributed by atoms with E-state index >= 15 is 0 Å². The summed E-state index contributed by atoms with van der Waals surface area (Å²) in [4.78, 5) is 4.89. The Morgan fingerprint density at radius 1 is 0.552 bits per heavy atom. The lowest BCUT2D eigenvalue weighted by atomic mass is 9.81. The van der Waals surface area contributed by atoms with Crippen molar-refractivity contribution in [1.29, 1.82) is 0 Å². The molecule has 11 aromatic rings. The average Bonchev–Trinajstić information content (AvgIpc) is 3.94. The van der Waals surface area contributed by atoms with Crippen LogP contribution in [-0.4, -0.2) is 14.1 Å². The molecule has 1 aliphatic rings. The SMILES string of the molecule is [2H]c1c([2H])c([2H])c(-c2cccc3c2-c2ccccc2-c2cccc4c2[n+]([c-]n4-c2cccc(Oc4ccc5c6ccccc6n(-c6cc(C(C)(C)C)ccn6)c5c4)c2)-c2c-3cccc2C(C)(C)C)c([2H])c1[2H]. The summed E-state index contributed by atoms with van der Waals surface area (Å²) < 4.78 is 57.4. The van der Waals surface area contributed by atoms with Gasteiger partial charge in [-0.25, -0.2) is 4.98 Å². The van der Waals surface area contributed by atoms with E-state index in [1.54, 1.807) is 0 Å². The van der Waals surface area contributed by atoms with Gasteiger partial charge in [-0.05, 0) is 115 Å². The fourth-order valence-electron chi connectivity index (χ4n) is 10.0. The molecule has 0 aliphatic carbocycles. The lowest BCUT2D eigenvalue weighted by Gasteiger charge is -2.26. The number of hydrogen-bond acceptors (Lipinski definition) is 2. The number of hydrogen-bond donors (Lipinski definition) is 0. The lowest BCUT2D eigenvalue weighted by Crippen LogP contribution is -2.35. The minimum atomic E-state index is -0.422. The van der Waals surface area contributed by atoms with E-state index in [-0.39, 0.29) is 40.6 Å². The third-order valence-corrected chi connectivity index (χ3v) is 13.2. The number of aromatic nitrogens is 4. The van der Waals surface area contributed by atoms with Gasteiger partial charge in [0.1, 0.15) is 17.3 Å². The topological polar surface area (TPSA) is 35.9 Å². The number of ether oxygens (including phenoxy) is 1. The Hall–Kier alpha value is -8.02. The predicted molar refractivity (Wildman–Crippen MR) is 275 cm³/mol. The molecule has 0 fully saturated rings. The number of para-hydroxylation sites is 3. The van der Waals surface area contributed by atoms with E-state index < -0.39 is 6.04 Å². The second kappa shape index (κ2) is 15.3. The summed E-state index contributed by atoms with van der Waals surface area (Å²) in [6.45, 7) is 13.3. The summed E-state index contributed by atoms with van der Waals surface area (Å²) in [6.07, 6.45) is 5.76. The molecule has 5 heteroatoms. The van der Waals surface area contributed by atoms with E-state index in [1.165, 1.54) is 5.56 Å². The van der Waals surface area contributed by atoms with E-state index in [2.05, 4.69) is 177 Å². The molecule has 0 atom stereocenters. The maximum atomic E-state index is 9.15. The number of fused-ring (bicyclic) bond motifs is 10. The quantitative estimate of drug-likeness (QED) is 0.128. The molecule has 0 saturated carbocycles.